The first-order valence-corrected chi connectivity index (χ1v) is 8.73. The van der Waals surface area contributed by atoms with Crippen molar-refractivity contribution in [1.29, 1.82) is 0 Å². The fraction of sp³-hybridized carbons (Fsp3) is 0.0909. The number of ketones is 1. The van der Waals surface area contributed by atoms with Crippen LogP contribution in [0.5, 0.6) is 0 Å². The molecule has 1 heterocycles. The van der Waals surface area contributed by atoms with Crippen LogP contribution in [-0.2, 0) is 0 Å². The van der Waals surface area contributed by atoms with E-state index in [0.29, 0.717) is 16.1 Å². The van der Waals surface area contributed by atoms with E-state index in [1.807, 2.05) is 49.4 Å². The molecule has 0 fully saturated rings. The minimum Gasteiger partial charge on any atom is -0.300 e. The van der Waals surface area contributed by atoms with E-state index in [0.717, 1.165) is 22.4 Å². The van der Waals surface area contributed by atoms with Gasteiger partial charge in [-0.2, -0.15) is 0 Å². The van der Waals surface area contributed by atoms with Crippen LogP contribution < -0.4 is 4.90 Å². The van der Waals surface area contributed by atoms with Crippen molar-refractivity contribution in [2.24, 2.45) is 0 Å². The molecule has 4 rings (SSSR count). The Kier molecular flexibility index (Phi) is 4.09. The van der Waals surface area contributed by atoms with Gasteiger partial charge in [-0.15, -0.1) is 0 Å². The summed E-state index contributed by atoms with van der Waals surface area (Å²) in [6.07, 6.45) is 0. The molecular weight excluding hydrogens is 346 g/mol. The second kappa shape index (κ2) is 6.43. The van der Waals surface area contributed by atoms with E-state index in [4.69, 9.17) is 11.6 Å². The average molecular weight is 362 g/mol. The molecule has 0 radical (unpaired) electrons. The SMILES string of the molecule is Cc1cccc2c1N(C(=O)c1cccc(Cl)c1)CC(=O)c1ccccc1-2. The van der Waals surface area contributed by atoms with Gasteiger partial charge in [-0.3, -0.25) is 14.5 Å². The first-order valence-electron chi connectivity index (χ1n) is 8.36. The maximum atomic E-state index is 13.2. The van der Waals surface area contributed by atoms with Gasteiger partial charge in [0, 0.05) is 21.7 Å². The van der Waals surface area contributed by atoms with Gasteiger partial charge in [-0.05, 0) is 36.2 Å². The molecule has 0 saturated heterocycles. The Labute approximate surface area is 156 Å². The molecule has 1 amide bonds. The molecule has 1 aliphatic rings. The van der Waals surface area contributed by atoms with E-state index >= 15 is 0 Å². The monoisotopic (exact) mass is 361 g/mol. The standard InChI is InChI=1S/C22H16ClNO2/c1-14-6-4-11-19-17-9-2-3-10-18(17)20(25)13-24(21(14)19)22(26)15-7-5-8-16(23)12-15/h2-12H,13H2,1H3. The smallest absolute Gasteiger partial charge is 0.258 e. The average Bonchev–Trinajstić information content (AvgIpc) is 2.77. The van der Waals surface area contributed by atoms with Crippen LogP contribution in [-0.4, -0.2) is 18.2 Å². The van der Waals surface area contributed by atoms with E-state index in [1.165, 1.54) is 0 Å². The maximum Gasteiger partial charge on any atom is 0.258 e. The summed E-state index contributed by atoms with van der Waals surface area (Å²) in [7, 11) is 0. The number of rotatable bonds is 1. The number of aryl methyl sites for hydroxylation is 1. The van der Waals surface area contributed by atoms with Gasteiger partial charge in [0.05, 0.1) is 12.2 Å². The number of benzene rings is 3. The van der Waals surface area contributed by atoms with Crippen LogP contribution in [0.2, 0.25) is 5.02 Å². The fourth-order valence-electron chi connectivity index (χ4n) is 3.45. The van der Waals surface area contributed by atoms with E-state index in [-0.39, 0.29) is 18.2 Å². The Hall–Kier alpha value is -2.91. The Morgan fingerprint density at radius 3 is 2.38 bits per heavy atom. The summed E-state index contributed by atoms with van der Waals surface area (Å²) in [6.45, 7) is 1.95. The van der Waals surface area contributed by atoms with Gasteiger partial charge in [0.2, 0.25) is 0 Å². The molecule has 128 valence electrons. The second-order valence-electron chi connectivity index (χ2n) is 6.34. The van der Waals surface area contributed by atoms with Crippen LogP contribution in [0.15, 0.2) is 66.7 Å². The Bertz CT molecular complexity index is 1040. The van der Waals surface area contributed by atoms with Crippen molar-refractivity contribution in [2.45, 2.75) is 6.92 Å². The molecule has 0 unspecified atom stereocenters. The zero-order valence-corrected chi connectivity index (χ0v) is 15.0. The van der Waals surface area contributed by atoms with E-state index in [9.17, 15) is 9.59 Å². The predicted octanol–water partition coefficient (Wildman–Crippen LogP) is 5.16. The van der Waals surface area contributed by atoms with E-state index in [1.54, 1.807) is 29.2 Å². The molecule has 3 aromatic rings. The van der Waals surface area contributed by atoms with Crippen molar-refractivity contribution in [3.8, 4) is 11.1 Å². The Morgan fingerprint density at radius 1 is 0.923 bits per heavy atom. The first-order chi connectivity index (χ1) is 12.6. The quantitative estimate of drug-likeness (QED) is 0.600. The molecular formula is C22H16ClNO2. The molecule has 4 heteroatoms. The third kappa shape index (κ3) is 2.71. The topological polar surface area (TPSA) is 37.4 Å². The molecule has 3 nitrogen and oxygen atoms in total. The number of halogens is 1. The molecule has 0 saturated carbocycles. The number of fused-ring (bicyclic) bond motifs is 3. The van der Waals surface area contributed by atoms with Crippen molar-refractivity contribution in [3.05, 3.63) is 88.4 Å². The zero-order chi connectivity index (χ0) is 18.3. The highest BCUT2D eigenvalue weighted by Gasteiger charge is 2.30. The van der Waals surface area contributed by atoms with Gasteiger partial charge in [-0.1, -0.05) is 60.1 Å². The predicted molar refractivity (Wildman–Crippen MR) is 104 cm³/mol. The zero-order valence-electron chi connectivity index (χ0n) is 14.2. The van der Waals surface area contributed by atoms with Crippen molar-refractivity contribution in [3.63, 3.8) is 0 Å². The van der Waals surface area contributed by atoms with Gasteiger partial charge in [-0.25, -0.2) is 0 Å². The molecule has 0 atom stereocenters. The molecule has 0 N–H and O–H groups in total. The number of carbonyl (C=O) groups is 2. The van der Waals surface area contributed by atoms with Gasteiger partial charge in [0.1, 0.15) is 0 Å². The minimum atomic E-state index is -0.232. The van der Waals surface area contributed by atoms with Crippen molar-refractivity contribution in [1.82, 2.24) is 0 Å². The molecule has 3 aromatic carbocycles. The van der Waals surface area contributed by atoms with E-state index < -0.39 is 0 Å². The Balaban J connectivity index is 1.93. The highest BCUT2D eigenvalue weighted by Crippen LogP contribution is 2.39. The highest BCUT2D eigenvalue weighted by atomic mass is 35.5. The molecule has 26 heavy (non-hydrogen) atoms. The van der Waals surface area contributed by atoms with Gasteiger partial charge in [0.25, 0.3) is 5.91 Å². The summed E-state index contributed by atoms with van der Waals surface area (Å²) < 4.78 is 0. The van der Waals surface area contributed by atoms with Crippen LogP contribution in [0.3, 0.4) is 0 Å². The fourth-order valence-corrected chi connectivity index (χ4v) is 3.64. The second-order valence-corrected chi connectivity index (χ2v) is 6.78. The van der Waals surface area contributed by atoms with Crippen molar-refractivity contribution in [2.75, 3.05) is 11.4 Å². The summed E-state index contributed by atoms with van der Waals surface area (Å²) >= 11 is 6.06. The summed E-state index contributed by atoms with van der Waals surface area (Å²) in [6, 6.07) is 20.2. The lowest BCUT2D eigenvalue weighted by Gasteiger charge is -2.24. The number of anilines is 1. The summed E-state index contributed by atoms with van der Waals surface area (Å²) in [5, 5.41) is 0.491. The van der Waals surface area contributed by atoms with Gasteiger partial charge < -0.3 is 0 Å². The number of carbonyl (C=O) groups excluding carboxylic acids is 2. The number of Topliss-reactive ketones (excluding diaryl/α,β-unsaturated/α-hetero) is 1. The van der Waals surface area contributed by atoms with Gasteiger partial charge >= 0.3 is 0 Å². The third-order valence-corrected chi connectivity index (χ3v) is 4.88. The molecule has 0 bridgehead atoms. The number of hydrogen-bond acceptors (Lipinski definition) is 2. The summed E-state index contributed by atoms with van der Waals surface area (Å²) in [5.41, 5.74) is 4.57. The van der Waals surface area contributed by atoms with Crippen molar-refractivity contribution >= 4 is 29.0 Å². The van der Waals surface area contributed by atoms with Crippen LogP contribution >= 0.6 is 11.6 Å². The van der Waals surface area contributed by atoms with Crippen LogP contribution in [0.25, 0.3) is 11.1 Å². The normalized spacial score (nSPS) is 13.0. The molecule has 1 aliphatic heterocycles. The van der Waals surface area contributed by atoms with Crippen LogP contribution in [0.4, 0.5) is 5.69 Å². The summed E-state index contributed by atoms with van der Waals surface area (Å²) in [4.78, 5) is 27.7. The minimum absolute atomic E-state index is 0.000212. The number of nitrogens with zero attached hydrogens (tertiary/aromatic N) is 1. The highest BCUT2D eigenvalue weighted by molar-refractivity contribution is 6.31. The van der Waals surface area contributed by atoms with E-state index in [2.05, 4.69) is 0 Å². The lowest BCUT2D eigenvalue weighted by molar-refractivity contribution is 0.0938. The maximum absolute atomic E-state index is 13.2. The first kappa shape index (κ1) is 16.6. The largest absolute Gasteiger partial charge is 0.300 e. The lowest BCUT2D eigenvalue weighted by Crippen LogP contribution is -2.35. The lowest BCUT2D eigenvalue weighted by atomic mass is 9.96. The summed E-state index contributed by atoms with van der Waals surface area (Å²) in [5.74, 6) is -0.309. The van der Waals surface area contributed by atoms with Crippen molar-refractivity contribution < 1.29 is 9.59 Å². The Morgan fingerprint density at radius 2 is 1.62 bits per heavy atom. The van der Waals surface area contributed by atoms with Crippen LogP contribution in [0, 0.1) is 6.92 Å². The number of amides is 1. The molecule has 0 aliphatic carbocycles. The number of hydrogen-bond donors (Lipinski definition) is 0. The van der Waals surface area contributed by atoms with Crippen LogP contribution in [0.1, 0.15) is 26.3 Å². The third-order valence-electron chi connectivity index (χ3n) is 4.64. The van der Waals surface area contributed by atoms with Gasteiger partial charge in [0.15, 0.2) is 5.78 Å². The molecule has 0 aromatic heterocycles. The number of para-hydroxylation sites is 1. The molecule has 0 spiro atoms.